The van der Waals surface area contributed by atoms with Crippen molar-refractivity contribution in [2.75, 3.05) is 0 Å². The Morgan fingerprint density at radius 3 is 2.23 bits per heavy atom. The van der Waals surface area contributed by atoms with Crippen LogP contribution >= 0.6 is 0 Å². The first-order chi connectivity index (χ1) is 5.81. The molecule has 78 valence electrons. The maximum Gasteiger partial charge on any atom is 0.130 e. The van der Waals surface area contributed by atoms with E-state index in [1.54, 1.807) is 6.92 Å². The predicted molar refractivity (Wildman–Crippen MR) is 57.8 cm³/mol. The number of Topliss-reactive ketones (excluding diaryl/α,β-unsaturated/α-hetero) is 1. The van der Waals surface area contributed by atoms with Crippen LogP contribution in [-0.4, -0.2) is 5.78 Å². The molecule has 1 heteroatoms. The smallest absolute Gasteiger partial charge is 0.130 e. The molecule has 0 aliphatic heterocycles. The molecule has 0 saturated heterocycles. The van der Waals surface area contributed by atoms with Crippen LogP contribution < -0.4 is 0 Å². The van der Waals surface area contributed by atoms with Gasteiger partial charge in [0.05, 0.1) is 0 Å². The van der Waals surface area contributed by atoms with E-state index < -0.39 is 0 Å². The van der Waals surface area contributed by atoms with Crippen molar-refractivity contribution in [2.45, 2.75) is 60.3 Å². The minimum atomic E-state index is 0.322. The highest BCUT2D eigenvalue weighted by molar-refractivity contribution is 5.75. The average Bonchev–Trinajstić information content (AvgIpc) is 1.81. The Morgan fingerprint density at radius 2 is 1.85 bits per heavy atom. The second-order valence-corrected chi connectivity index (χ2v) is 5.46. The van der Waals surface area contributed by atoms with Gasteiger partial charge in [-0.1, -0.05) is 40.5 Å². The molecule has 0 heterocycles. The molecule has 13 heavy (non-hydrogen) atoms. The zero-order valence-corrected chi connectivity index (χ0v) is 9.81. The fourth-order valence-electron chi connectivity index (χ4n) is 1.57. The maximum absolute atomic E-state index is 10.8. The molecule has 1 atom stereocenters. The van der Waals surface area contributed by atoms with Crippen molar-refractivity contribution in [1.29, 1.82) is 0 Å². The lowest BCUT2D eigenvalue weighted by atomic mass is 9.87. The summed E-state index contributed by atoms with van der Waals surface area (Å²) in [5, 5.41) is 0. The maximum atomic E-state index is 10.8. The fourth-order valence-corrected chi connectivity index (χ4v) is 1.57. The SMILES string of the molecule is CC(=O)C[C@@H](C)CCCC(C)(C)C. The summed E-state index contributed by atoms with van der Waals surface area (Å²) in [6.45, 7) is 10.7. The van der Waals surface area contributed by atoms with E-state index in [4.69, 9.17) is 0 Å². The Balaban J connectivity index is 3.48. The van der Waals surface area contributed by atoms with Gasteiger partial charge < -0.3 is 4.79 Å². The number of rotatable bonds is 5. The van der Waals surface area contributed by atoms with Gasteiger partial charge in [-0.05, 0) is 24.7 Å². The van der Waals surface area contributed by atoms with Gasteiger partial charge in [-0.3, -0.25) is 0 Å². The zero-order valence-electron chi connectivity index (χ0n) is 9.81. The van der Waals surface area contributed by atoms with E-state index in [0.717, 1.165) is 6.42 Å². The van der Waals surface area contributed by atoms with Crippen LogP contribution in [0.4, 0.5) is 0 Å². The van der Waals surface area contributed by atoms with E-state index in [1.807, 2.05) is 0 Å². The van der Waals surface area contributed by atoms with Crippen LogP contribution in [0.5, 0.6) is 0 Å². The second kappa shape index (κ2) is 5.41. The summed E-state index contributed by atoms with van der Waals surface area (Å²) in [6, 6.07) is 0. The number of ketones is 1. The molecule has 0 aliphatic carbocycles. The monoisotopic (exact) mass is 184 g/mol. The molecule has 0 amide bonds. The van der Waals surface area contributed by atoms with E-state index in [0.29, 0.717) is 17.1 Å². The summed E-state index contributed by atoms with van der Waals surface area (Å²) in [5.41, 5.74) is 0.440. The summed E-state index contributed by atoms with van der Waals surface area (Å²) in [4.78, 5) is 10.8. The summed E-state index contributed by atoms with van der Waals surface area (Å²) < 4.78 is 0. The van der Waals surface area contributed by atoms with E-state index in [2.05, 4.69) is 27.7 Å². The Bertz CT molecular complexity index is 153. The third-order valence-corrected chi connectivity index (χ3v) is 2.26. The number of hydrogen-bond acceptors (Lipinski definition) is 1. The molecule has 0 aromatic carbocycles. The highest BCUT2D eigenvalue weighted by Crippen LogP contribution is 2.23. The van der Waals surface area contributed by atoms with Gasteiger partial charge in [-0.2, -0.15) is 0 Å². The molecule has 0 aromatic rings. The summed E-state index contributed by atoms with van der Waals surface area (Å²) in [7, 11) is 0. The Kier molecular flexibility index (Phi) is 5.27. The van der Waals surface area contributed by atoms with Crippen LogP contribution in [0.15, 0.2) is 0 Å². The van der Waals surface area contributed by atoms with Gasteiger partial charge in [-0.25, -0.2) is 0 Å². The molecule has 0 aliphatic rings. The van der Waals surface area contributed by atoms with Crippen molar-refractivity contribution < 1.29 is 4.79 Å². The lowest BCUT2D eigenvalue weighted by Gasteiger charge is -2.18. The van der Waals surface area contributed by atoms with Gasteiger partial charge in [-0.15, -0.1) is 0 Å². The van der Waals surface area contributed by atoms with Gasteiger partial charge >= 0.3 is 0 Å². The Hall–Kier alpha value is -0.330. The highest BCUT2D eigenvalue weighted by Gasteiger charge is 2.11. The van der Waals surface area contributed by atoms with Crippen LogP contribution in [-0.2, 0) is 4.79 Å². The molecule has 0 unspecified atom stereocenters. The quantitative estimate of drug-likeness (QED) is 0.635. The van der Waals surface area contributed by atoms with Crippen LogP contribution in [0.25, 0.3) is 0 Å². The molecule has 0 radical (unpaired) electrons. The first-order valence-corrected chi connectivity index (χ1v) is 5.31. The van der Waals surface area contributed by atoms with Gasteiger partial charge in [0.1, 0.15) is 5.78 Å². The van der Waals surface area contributed by atoms with Gasteiger partial charge in [0.25, 0.3) is 0 Å². The normalized spacial score (nSPS) is 14.2. The molecule has 0 rings (SSSR count). The van der Waals surface area contributed by atoms with Crippen LogP contribution in [0.1, 0.15) is 60.3 Å². The minimum absolute atomic E-state index is 0.322. The van der Waals surface area contributed by atoms with Crippen molar-refractivity contribution in [1.82, 2.24) is 0 Å². The highest BCUT2D eigenvalue weighted by atomic mass is 16.1. The van der Waals surface area contributed by atoms with Crippen molar-refractivity contribution in [3.63, 3.8) is 0 Å². The van der Waals surface area contributed by atoms with Crippen molar-refractivity contribution in [3.05, 3.63) is 0 Å². The molecule has 0 saturated carbocycles. The van der Waals surface area contributed by atoms with E-state index in [-0.39, 0.29) is 0 Å². The molecule has 0 aromatic heterocycles. The first-order valence-electron chi connectivity index (χ1n) is 5.31. The van der Waals surface area contributed by atoms with Gasteiger partial charge in [0, 0.05) is 6.42 Å². The summed E-state index contributed by atoms with van der Waals surface area (Å²) >= 11 is 0. The molecular formula is C12H24O. The van der Waals surface area contributed by atoms with E-state index in [9.17, 15) is 4.79 Å². The van der Waals surface area contributed by atoms with E-state index >= 15 is 0 Å². The molecule has 1 nitrogen and oxygen atoms in total. The lowest BCUT2D eigenvalue weighted by Crippen LogP contribution is -2.07. The molecule has 0 N–H and O–H groups in total. The number of carbonyl (C=O) groups is 1. The molecule has 0 spiro atoms. The minimum Gasteiger partial charge on any atom is -0.300 e. The summed E-state index contributed by atoms with van der Waals surface area (Å²) in [6.07, 6.45) is 4.45. The number of hydrogen-bond donors (Lipinski definition) is 0. The lowest BCUT2D eigenvalue weighted by molar-refractivity contribution is -0.117. The van der Waals surface area contributed by atoms with Crippen LogP contribution in [0.2, 0.25) is 0 Å². The van der Waals surface area contributed by atoms with Crippen molar-refractivity contribution >= 4 is 5.78 Å². The van der Waals surface area contributed by atoms with Crippen LogP contribution in [0.3, 0.4) is 0 Å². The zero-order chi connectivity index (χ0) is 10.5. The second-order valence-electron chi connectivity index (χ2n) is 5.46. The fraction of sp³-hybridized carbons (Fsp3) is 0.917. The van der Waals surface area contributed by atoms with Crippen molar-refractivity contribution in [3.8, 4) is 0 Å². The largest absolute Gasteiger partial charge is 0.300 e. The predicted octanol–water partition coefficient (Wildman–Crippen LogP) is 3.82. The van der Waals surface area contributed by atoms with Crippen molar-refractivity contribution in [2.24, 2.45) is 11.3 Å². The molecule has 0 fully saturated rings. The van der Waals surface area contributed by atoms with E-state index in [1.165, 1.54) is 19.3 Å². The Labute approximate surface area is 82.9 Å². The summed E-state index contributed by atoms with van der Waals surface area (Å²) in [5.74, 6) is 0.892. The average molecular weight is 184 g/mol. The third-order valence-electron chi connectivity index (χ3n) is 2.26. The van der Waals surface area contributed by atoms with Gasteiger partial charge in [0.15, 0.2) is 0 Å². The first kappa shape index (κ1) is 12.7. The third kappa shape index (κ3) is 9.59. The van der Waals surface area contributed by atoms with Crippen LogP contribution in [0, 0.1) is 11.3 Å². The standard InChI is InChI=1S/C12H24O/c1-10(9-11(2)13)7-6-8-12(3,4)5/h10H,6-9H2,1-5H3/t10-/m0/s1. The number of carbonyl (C=O) groups excluding carboxylic acids is 1. The molecular weight excluding hydrogens is 160 g/mol. The Morgan fingerprint density at radius 1 is 1.31 bits per heavy atom. The topological polar surface area (TPSA) is 17.1 Å². The molecule has 0 bridgehead atoms. The van der Waals surface area contributed by atoms with Gasteiger partial charge in [0.2, 0.25) is 0 Å².